The van der Waals surface area contributed by atoms with Gasteiger partial charge in [0.1, 0.15) is 11.9 Å². The minimum atomic E-state index is -0.903. The molecule has 0 radical (unpaired) electrons. The van der Waals surface area contributed by atoms with Crippen molar-refractivity contribution in [1.29, 1.82) is 0 Å². The zero-order valence-electron chi connectivity index (χ0n) is 13.5. The Morgan fingerprint density at radius 2 is 1.92 bits per heavy atom. The number of benzene rings is 1. The van der Waals surface area contributed by atoms with Crippen molar-refractivity contribution >= 4 is 18.0 Å². The highest BCUT2D eigenvalue weighted by Gasteiger charge is 2.46. The molecule has 2 fully saturated rings. The summed E-state index contributed by atoms with van der Waals surface area (Å²) in [6, 6.07) is 5.41. The number of aliphatic carboxylic acids is 1. The first kappa shape index (κ1) is 16.7. The molecule has 0 spiro atoms. The van der Waals surface area contributed by atoms with Gasteiger partial charge in [0.2, 0.25) is 5.91 Å². The van der Waals surface area contributed by atoms with E-state index >= 15 is 0 Å². The second-order valence-corrected chi connectivity index (χ2v) is 6.66. The van der Waals surface area contributed by atoms with Gasteiger partial charge < -0.3 is 10.0 Å². The van der Waals surface area contributed by atoms with Crippen LogP contribution >= 0.6 is 0 Å². The second kappa shape index (κ2) is 7.16. The summed E-state index contributed by atoms with van der Waals surface area (Å²) in [7, 11) is 0. The van der Waals surface area contributed by atoms with Gasteiger partial charge in [0.05, 0.1) is 0 Å². The maximum Gasteiger partial charge on any atom is 0.326 e. The summed E-state index contributed by atoms with van der Waals surface area (Å²) in [4.78, 5) is 25.8. The van der Waals surface area contributed by atoms with Gasteiger partial charge in [0.25, 0.3) is 0 Å². The Morgan fingerprint density at radius 1 is 1.21 bits per heavy atom. The van der Waals surface area contributed by atoms with E-state index in [2.05, 4.69) is 0 Å². The van der Waals surface area contributed by atoms with Crippen LogP contribution in [-0.4, -0.2) is 34.0 Å². The lowest BCUT2D eigenvalue weighted by molar-refractivity contribution is -0.149. The Morgan fingerprint density at radius 3 is 2.62 bits per heavy atom. The normalized spacial score (nSPS) is 26.5. The molecular weight excluding hydrogens is 309 g/mol. The van der Waals surface area contributed by atoms with Crippen molar-refractivity contribution in [2.45, 2.75) is 50.6 Å². The van der Waals surface area contributed by atoms with Crippen LogP contribution in [0.15, 0.2) is 30.3 Å². The predicted octanol–water partition coefficient (Wildman–Crippen LogP) is 3.47. The van der Waals surface area contributed by atoms with Gasteiger partial charge in [-0.3, -0.25) is 4.79 Å². The maximum absolute atomic E-state index is 12.9. The van der Waals surface area contributed by atoms with E-state index in [0.717, 1.165) is 31.2 Å². The number of carbonyl (C=O) groups is 2. The lowest BCUT2D eigenvalue weighted by Crippen LogP contribution is -2.46. The van der Waals surface area contributed by atoms with Crippen LogP contribution in [0.4, 0.5) is 4.39 Å². The van der Waals surface area contributed by atoms with Gasteiger partial charge in [0.15, 0.2) is 0 Å². The highest BCUT2D eigenvalue weighted by atomic mass is 19.1. The molecule has 1 aromatic carbocycles. The molecule has 2 aliphatic rings. The molecule has 1 aliphatic heterocycles. The molecule has 1 amide bonds. The lowest BCUT2D eigenvalue weighted by Gasteiger charge is -2.32. The lowest BCUT2D eigenvalue weighted by atomic mass is 9.84. The molecule has 5 heteroatoms. The highest BCUT2D eigenvalue weighted by molar-refractivity contribution is 5.86. The van der Waals surface area contributed by atoms with E-state index in [1.807, 2.05) is 0 Å². The van der Waals surface area contributed by atoms with E-state index in [0.29, 0.717) is 12.3 Å². The molecule has 4 nitrogen and oxygen atoms in total. The van der Waals surface area contributed by atoms with Gasteiger partial charge in [-0.15, -0.1) is 0 Å². The number of carboxylic acid groups (broad SMARTS) is 1. The van der Waals surface area contributed by atoms with Crippen molar-refractivity contribution in [1.82, 2.24) is 4.90 Å². The predicted molar refractivity (Wildman–Crippen MR) is 88.7 cm³/mol. The molecule has 1 N–H and O–H groups in total. The van der Waals surface area contributed by atoms with Crippen LogP contribution in [0.25, 0.3) is 6.08 Å². The van der Waals surface area contributed by atoms with E-state index in [1.54, 1.807) is 29.2 Å². The molecule has 128 valence electrons. The summed E-state index contributed by atoms with van der Waals surface area (Å²) >= 11 is 0. The van der Waals surface area contributed by atoms with Crippen LogP contribution in [0, 0.1) is 11.7 Å². The Labute approximate surface area is 141 Å². The standard InChI is InChI=1S/C19H22FNO3/c20-15-10-8-13(9-11-15)4-3-7-18(22)21-16-6-2-1-5-14(16)12-17(21)19(23)24/h3-4,8-11,14,16-17H,1-2,5-7,12H2,(H,23,24)/b4-3+. The van der Waals surface area contributed by atoms with Crippen molar-refractivity contribution < 1.29 is 19.1 Å². The SMILES string of the molecule is O=C(O)C1CC2CCCCC2N1C(=O)C/C=C/c1ccc(F)cc1. The summed E-state index contributed by atoms with van der Waals surface area (Å²) in [6.07, 6.45) is 8.35. The average molecular weight is 331 g/mol. The van der Waals surface area contributed by atoms with Crippen LogP contribution < -0.4 is 0 Å². The number of hydrogen-bond donors (Lipinski definition) is 1. The molecule has 3 atom stereocenters. The Kier molecular flexibility index (Phi) is 4.97. The number of fused-ring (bicyclic) bond motifs is 1. The molecule has 24 heavy (non-hydrogen) atoms. The fraction of sp³-hybridized carbons (Fsp3) is 0.474. The fourth-order valence-electron chi connectivity index (χ4n) is 4.01. The molecule has 0 aromatic heterocycles. The molecule has 1 saturated carbocycles. The van der Waals surface area contributed by atoms with Crippen molar-refractivity contribution in [2.24, 2.45) is 5.92 Å². The largest absolute Gasteiger partial charge is 0.480 e. The Hall–Kier alpha value is -2.17. The van der Waals surface area contributed by atoms with Crippen LogP contribution in [-0.2, 0) is 9.59 Å². The summed E-state index contributed by atoms with van der Waals surface area (Å²) in [5, 5.41) is 9.46. The number of carbonyl (C=O) groups excluding carboxylic acids is 1. The Bertz CT molecular complexity index is 641. The third-order valence-electron chi connectivity index (χ3n) is 5.13. The third-order valence-corrected chi connectivity index (χ3v) is 5.13. The zero-order valence-corrected chi connectivity index (χ0v) is 13.5. The molecule has 3 unspecified atom stereocenters. The topological polar surface area (TPSA) is 57.6 Å². The van der Waals surface area contributed by atoms with Gasteiger partial charge in [-0.1, -0.05) is 37.1 Å². The number of nitrogens with zero attached hydrogens (tertiary/aromatic N) is 1. The van der Waals surface area contributed by atoms with Crippen LogP contribution in [0.5, 0.6) is 0 Å². The maximum atomic E-state index is 12.9. The number of hydrogen-bond acceptors (Lipinski definition) is 2. The van der Waals surface area contributed by atoms with E-state index < -0.39 is 12.0 Å². The van der Waals surface area contributed by atoms with Crippen molar-refractivity contribution in [3.05, 3.63) is 41.7 Å². The van der Waals surface area contributed by atoms with Crippen LogP contribution in [0.1, 0.15) is 44.1 Å². The highest BCUT2D eigenvalue weighted by Crippen LogP contribution is 2.40. The van der Waals surface area contributed by atoms with Gasteiger partial charge in [-0.2, -0.15) is 0 Å². The number of likely N-dealkylation sites (tertiary alicyclic amines) is 1. The summed E-state index contributed by atoms with van der Waals surface area (Å²) < 4.78 is 12.9. The van der Waals surface area contributed by atoms with Crippen LogP contribution in [0.2, 0.25) is 0 Å². The molecule has 1 aliphatic carbocycles. The number of rotatable bonds is 4. The molecular formula is C19H22FNO3. The first-order chi connectivity index (χ1) is 11.6. The van der Waals surface area contributed by atoms with Crippen molar-refractivity contribution in [3.8, 4) is 0 Å². The van der Waals surface area contributed by atoms with E-state index in [9.17, 15) is 19.1 Å². The van der Waals surface area contributed by atoms with Crippen LogP contribution in [0.3, 0.4) is 0 Å². The zero-order chi connectivity index (χ0) is 17.1. The first-order valence-corrected chi connectivity index (χ1v) is 8.52. The van der Waals surface area contributed by atoms with Crippen molar-refractivity contribution in [3.63, 3.8) is 0 Å². The van der Waals surface area contributed by atoms with E-state index in [1.165, 1.54) is 12.1 Å². The summed E-state index contributed by atoms with van der Waals surface area (Å²) in [5.74, 6) is -1.01. The number of amides is 1. The third kappa shape index (κ3) is 3.50. The smallest absolute Gasteiger partial charge is 0.326 e. The molecule has 1 aromatic rings. The quantitative estimate of drug-likeness (QED) is 0.919. The van der Waals surface area contributed by atoms with E-state index in [4.69, 9.17) is 0 Å². The molecule has 3 rings (SSSR count). The molecule has 1 heterocycles. The van der Waals surface area contributed by atoms with Gasteiger partial charge in [-0.25, -0.2) is 9.18 Å². The fourth-order valence-corrected chi connectivity index (χ4v) is 4.01. The number of halogens is 1. The minimum Gasteiger partial charge on any atom is -0.480 e. The molecule has 0 bridgehead atoms. The second-order valence-electron chi connectivity index (χ2n) is 6.66. The minimum absolute atomic E-state index is 0.0755. The number of carboxylic acids is 1. The van der Waals surface area contributed by atoms with Gasteiger partial charge in [0, 0.05) is 12.5 Å². The Balaban J connectivity index is 1.67. The summed E-state index contributed by atoms with van der Waals surface area (Å²) in [6.45, 7) is 0. The molecule has 1 saturated heterocycles. The average Bonchev–Trinajstić information content (AvgIpc) is 2.96. The van der Waals surface area contributed by atoms with E-state index in [-0.39, 0.29) is 24.2 Å². The monoisotopic (exact) mass is 331 g/mol. The van der Waals surface area contributed by atoms with Crippen molar-refractivity contribution in [2.75, 3.05) is 0 Å². The summed E-state index contributed by atoms with van der Waals surface area (Å²) in [5.41, 5.74) is 0.816. The first-order valence-electron chi connectivity index (χ1n) is 8.52. The van der Waals surface area contributed by atoms with Gasteiger partial charge >= 0.3 is 5.97 Å². The van der Waals surface area contributed by atoms with Gasteiger partial charge in [-0.05, 0) is 42.9 Å².